The molecule has 0 saturated carbocycles. The van der Waals surface area contributed by atoms with Crippen LogP contribution in [0.5, 0.6) is 0 Å². The molecule has 0 bridgehead atoms. The molecule has 2 fully saturated rings. The van der Waals surface area contributed by atoms with Crippen molar-refractivity contribution in [1.82, 2.24) is 14.9 Å². The first-order chi connectivity index (χ1) is 9.72. The maximum absolute atomic E-state index is 11.9. The zero-order chi connectivity index (χ0) is 13.9. The summed E-state index contributed by atoms with van der Waals surface area (Å²) < 4.78 is 0. The molecule has 0 unspecified atom stereocenters. The molecule has 0 aromatic carbocycles. The molecular weight excluding hydrogens is 252 g/mol. The van der Waals surface area contributed by atoms with Crippen LogP contribution in [0.4, 0.5) is 5.95 Å². The van der Waals surface area contributed by atoms with Crippen molar-refractivity contribution in [3.63, 3.8) is 0 Å². The van der Waals surface area contributed by atoms with E-state index in [-0.39, 0.29) is 5.56 Å². The highest BCUT2D eigenvalue weighted by atomic mass is 16.1. The molecule has 2 saturated heterocycles. The van der Waals surface area contributed by atoms with Crippen molar-refractivity contribution < 1.29 is 0 Å². The van der Waals surface area contributed by atoms with Gasteiger partial charge in [0, 0.05) is 25.1 Å². The van der Waals surface area contributed by atoms with Crippen LogP contribution in [-0.2, 0) is 0 Å². The Kier molecular flexibility index (Phi) is 4.05. The van der Waals surface area contributed by atoms with E-state index in [9.17, 15) is 4.79 Å². The first-order valence-electron chi connectivity index (χ1n) is 7.77. The van der Waals surface area contributed by atoms with Gasteiger partial charge in [0.2, 0.25) is 5.95 Å². The summed E-state index contributed by atoms with van der Waals surface area (Å²) in [4.78, 5) is 24.2. The molecule has 0 aliphatic carbocycles. The third kappa shape index (κ3) is 3.03. The number of rotatable bonds is 2. The van der Waals surface area contributed by atoms with Gasteiger partial charge in [0.15, 0.2) is 0 Å². The van der Waals surface area contributed by atoms with Gasteiger partial charge in [0.05, 0.1) is 5.69 Å². The molecule has 0 radical (unpaired) electrons. The summed E-state index contributed by atoms with van der Waals surface area (Å²) in [7, 11) is 2.15. The molecule has 5 heteroatoms. The molecule has 1 aromatic heterocycles. The summed E-state index contributed by atoms with van der Waals surface area (Å²) >= 11 is 0. The fraction of sp³-hybridized carbons (Fsp3) is 0.733. The van der Waals surface area contributed by atoms with E-state index >= 15 is 0 Å². The molecule has 1 aromatic rings. The molecule has 2 aliphatic rings. The van der Waals surface area contributed by atoms with Gasteiger partial charge >= 0.3 is 0 Å². The van der Waals surface area contributed by atoms with Gasteiger partial charge < -0.3 is 9.80 Å². The number of anilines is 1. The first-order valence-corrected chi connectivity index (χ1v) is 7.77. The molecule has 5 nitrogen and oxygen atoms in total. The Labute approximate surface area is 120 Å². The van der Waals surface area contributed by atoms with Crippen molar-refractivity contribution in [1.29, 1.82) is 0 Å². The van der Waals surface area contributed by atoms with E-state index in [1.807, 2.05) is 0 Å². The molecule has 20 heavy (non-hydrogen) atoms. The van der Waals surface area contributed by atoms with Gasteiger partial charge in [-0.25, -0.2) is 4.98 Å². The van der Waals surface area contributed by atoms with Crippen molar-refractivity contribution >= 4 is 5.95 Å². The van der Waals surface area contributed by atoms with Crippen molar-refractivity contribution in [2.45, 2.75) is 38.0 Å². The van der Waals surface area contributed by atoms with Crippen molar-refractivity contribution in [3.05, 3.63) is 22.1 Å². The Morgan fingerprint density at radius 3 is 2.55 bits per heavy atom. The van der Waals surface area contributed by atoms with E-state index in [0.717, 1.165) is 50.7 Å². The third-order valence-electron chi connectivity index (χ3n) is 4.54. The Morgan fingerprint density at radius 2 is 1.85 bits per heavy atom. The smallest absolute Gasteiger partial charge is 0.252 e. The summed E-state index contributed by atoms with van der Waals surface area (Å²) in [5, 5.41) is 0. The number of hydrogen-bond donors (Lipinski definition) is 1. The molecule has 110 valence electrons. The van der Waals surface area contributed by atoms with E-state index in [2.05, 4.69) is 21.8 Å². The van der Waals surface area contributed by atoms with Gasteiger partial charge in [0.1, 0.15) is 0 Å². The molecule has 0 atom stereocenters. The number of nitrogens with one attached hydrogen (secondary N) is 1. The quantitative estimate of drug-likeness (QED) is 0.891. The van der Waals surface area contributed by atoms with Gasteiger partial charge in [0.25, 0.3) is 5.56 Å². The van der Waals surface area contributed by atoms with Crippen LogP contribution in [0.1, 0.15) is 43.7 Å². The van der Waals surface area contributed by atoms with E-state index < -0.39 is 0 Å². The van der Waals surface area contributed by atoms with Gasteiger partial charge in [-0.3, -0.25) is 9.78 Å². The lowest BCUT2D eigenvalue weighted by atomic mass is 9.93. The molecule has 1 N–H and O–H groups in total. The highest BCUT2D eigenvalue weighted by Crippen LogP contribution is 2.26. The minimum Gasteiger partial charge on any atom is -0.342 e. The lowest BCUT2D eigenvalue weighted by Gasteiger charge is -2.30. The van der Waals surface area contributed by atoms with Crippen LogP contribution in [0.3, 0.4) is 0 Å². The Bertz CT molecular complexity index is 499. The van der Waals surface area contributed by atoms with Crippen molar-refractivity contribution in [3.8, 4) is 0 Å². The van der Waals surface area contributed by atoms with Crippen LogP contribution < -0.4 is 10.5 Å². The number of aromatic amines is 1. The Morgan fingerprint density at radius 1 is 1.15 bits per heavy atom. The number of aromatic nitrogens is 2. The van der Waals surface area contributed by atoms with E-state index in [1.165, 1.54) is 19.3 Å². The van der Waals surface area contributed by atoms with Gasteiger partial charge in [-0.1, -0.05) is 0 Å². The summed E-state index contributed by atoms with van der Waals surface area (Å²) in [5.74, 6) is 1.23. The molecule has 0 amide bonds. The van der Waals surface area contributed by atoms with Crippen LogP contribution in [0, 0.1) is 0 Å². The third-order valence-corrected chi connectivity index (χ3v) is 4.54. The van der Waals surface area contributed by atoms with Crippen molar-refractivity contribution in [2.75, 3.05) is 38.1 Å². The number of piperidine rings is 2. The Balaban J connectivity index is 1.81. The molecule has 0 spiro atoms. The molecular formula is C15H24N4O. The highest BCUT2D eigenvalue weighted by molar-refractivity contribution is 5.31. The first kappa shape index (κ1) is 13.6. The second kappa shape index (κ2) is 5.95. The predicted molar refractivity (Wildman–Crippen MR) is 80.4 cm³/mol. The summed E-state index contributed by atoms with van der Waals surface area (Å²) in [6, 6.07) is 1.70. The number of hydrogen-bond acceptors (Lipinski definition) is 4. The summed E-state index contributed by atoms with van der Waals surface area (Å²) in [6.45, 7) is 4.22. The fourth-order valence-corrected chi connectivity index (χ4v) is 3.23. The van der Waals surface area contributed by atoms with E-state index in [0.29, 0.717) is 5.92 Å². The second-order valence-corrected chi connectivity index (χ2v) is 6.12. The number of likely N-dealkylation sites (tertiary alicyclic amines) is 1. The molecule has 3 rings (SSSR count). The second-order valence-electron chi connectivity index (χ2n) is 6.12. The minimum atomic E-state index is -0.00509. The maximum atomic E-state index is 11.9. The van der Waals surface area contributed by atoms with Gasteiger partial charge in [-0.15, -0.1) is 0 Å². The highest BCUT2D eigenvalue weighted by Gasteiger charge is 2.22. The maximum Gasteiger partial charge on any atom is 0.252 e. The summed E-state index contributed by atoms with van der Waals surface area (Å²) in [5.41, 5.74) is 0.983. The predicted octanol–water partition coefficient (Wildman–Crippen LogP) is 1.57. The Hall–Kier alpha value is -1.36. The van der Waals surface area contributed by atoms with Crippen molar-refractivity contribution in [2.24, 2.45) is 0 Å². The standard InChI is InChI=1S/C15H24N4O/c1-18-9-5-12(6-10-18)13-11-14(20)17-15(16-13)19-7-3-2-4-8-19/h11-12H,2-10H2,1H3,(H,16,17,20). The monoisotopic (exact) mass is 276 g/mol. The average Bonchev–Trinajstić information content (AvgIpc) is 2.48. The number of nitrogens with zero attached hydrogens (tertiary/aromatic N) is 3. The van der Waals surface area contributed by atoms with Crippen LogP contribution in [0.2, 0.25) is 0 Å². The van der Waals surface area contributed by atoms with E-state index in [4.69, 9.17) is 4.98 Å². The largest absolute Gasteiger partial charge is 0.342 e. The van der Waals surface area contributed by atoms with Crippen LogP contribution in [-0.4, -0.2) is 48.1 Å². The van der Waals surface area contributed by atoms with Gasteiger partial charge in [-0.2, -0.15) is 0 Å². The average molecular weight is 276 g/mol. The zero-order valence-electron chi connectivity index (χ0n) is 12.3. The minimum absolute atomic E-state index is 0.00509. The lowest BCUT2D eigenvalue weighted by Crippen LogP contribution is -2.34. The van der Waals surface area contributed by atoms with Crippen LogP contribution >= 0.6 is 0 Å². The fourth-order valence-electron chi connectivity index (χ4n) is 3.23. The van der Waals surface area contributed by atoms with Gasteiger partial charge in [-0.05, 0) is 52.2 Å². The number of H-pyrrole nitrogens is 1. The normalized spacial score (nSPS) is 22.1. The molecule has 3 heterocycles. The van der Waals surface area contributed by atoms with E-state index in [1.54, 1.807) is 6.07 Å². The topological polar surface area (TPSA) is 52.2 Å². The summed E-state index contributed by atoms with van der Waals surface area (Å²) in [6.07, 6.45) is 5.89. The SMILES string of the molecule is CN1CCC(c2cc(=O)[nH]c(N3CCCCC3)n2)CC1. The van der Waals surface area contributed by atoms with Crippen LogP contribution in [0.15, 0.2) is 10.9 Å². The zero-order valence-corrected chi connectivity index (χ0v) is 12.3. The lowest BCUT2D eigenvalue weighted by molar-refractivity contribution is 0.253. The molecule has 2 aliphatic heterocycles. The van der Waals surface area contributed by atoms with Crippen LogP contribution in [0.25, 0.3) is 0 Å².